The molecule has 6 heteroatoms. The number of benzene rings is 1. The summed E-state index contributed by atoms with van der Waals surface area (Å²) in [7, 11) is 1.65. The van der Waals surface area contributed by atoms with Gasteiger partial charge >= 0.3 is 6.09 Å². The minimum atomic E-state index is -0.219. The van der Waals surface area contributed by atoms with Crippen LogP contribution in [0.4, 0.5) is 4.79 Å². The monoisotopic (exact) mass is 418 g/mol. The quantitative estimate of drug-likeness (QED) is 0.445. The average Bonchev–Trinajstić information content (AvgIpc) is 3.29. The topological polar surface area (TPSA) is 74.0 Å². The van der Waals surface area contributed by atoms with Crippen molar-refractivity contribution in [1.29, 1.82) is 0 Å². The average molecular weight is 419 g/mol. The smallest absolute Gasteiger partial charge is 0.410 e. The molecule has 1 aromatic carbocycles. The van der Waals surface area contributed by atoms with Crippen LogP contribution in [-0.4, -0.2) is 49.5 Å². The highest BCUT2D eigenvalue weighted by atomic mass is 16.6. The number of fused-ring (bicyclic) bond motifs is 1. The number of carbonyl (C=O) groups is 1. The van der Waals surface area contributed by atoms with E-state index in [0.29, 0.717) is 13.2 Å². The van der Waals surface area contributed by atoms with Crippen molar-refractivity contribution in [1.82, 2.24) is 4.90 Å². The molecule has 168 valence electrons. The van der Waals surface area contributed by atoms with E-state index in [0.717, 1.165) is 37.1 Å². The molecule has 3 atom stereocenters. The van der Waals surface area contributed by atoms with E-state index in [2.05, 4.69) is 0 Å². The molecule has 2 saturated heterocycles. The van der Waals surface area contributed by atoms with Crippen LogP contribution in [0, 0.1) is 0 Å². The first-order valence-corrected chi connectivity index (χ1v) is 11.6. The fraction of sp³-hybridized carbons (Fsp3) is 0.708. The van der Waals surface area contributed by atoms with E-state index >= 15 is 0 Å². The molecule has 0 bridgehead atoms. The summed E-state index contributed by atoms with van der Waals surface area (Å²) in [6.45, 7) is 1.94. The lowest BCUT2D eigenvalue weighted by atomic mass is 10.0. The predicted octanol–water partition coefficient (Wildman–Crippen LogP) is 4.64. The van der Waals surface area contributed by atoms with Crippen molar-refractivity contribution in [2.45, 2.75) is 89.0 Å². The van der Waals surface area contributed by atoms with Crippen LogP contribution >= 0.6 is 0 Å². The van der Waals surface area contributed by atoms with Gasteiger partial charge in [0.05, 0.1) is 25.9 Å². The number of rotatable bonds is 14. The lowest BCUT2D eigenvalue weighted by Gasteiger charge is -2.19. The molecule has 0 radical (unpaired) electrons. The van der Waals surface area contributed by atoms with Crippen molar-refractivity contribution in [2.24, 2.45) is 5.73 Å². The van der Waals surface area contributed by atoms with Crippen LogP contribution < -0.4 is 10.5 Å². The SMILES string of the molecule is COc1ccc(CN2C(=O)O[C@@H]3[C@H](CCCCCCCCCCCN)OC[C@@H]32)cc1. The van der Waals surface area contributed by atoms with Gasteiger partial charge in [0.2, 0.25) is 0 Å². The zero-order valence-electron chi connectivity index (χ0n) is 18.4. The van der Waals surface area contributed by atoms with Gasteiger partial charge in [-0.3, -0.25) is 4.90 Å². The molecule has 0 aliphatic carbocycles. The third-order valence-corrected chi connectivity index (χ3v) is 6.30. The standard InChI is InChI=1S/C24H38N2O4/c1-28-20-14-12-19(13-15-20)17-26-21-18-29-22(23(21)30-24(26)27)11-9-7-5-3-2-4-6-8-10-16-25/h12-15,21-23H,2-11,16-18,25H2,1H3/t21-,22-,23-/m0/s1. The van der Waals surface area contributed by atoms with E-state index in [1.807, 2.05) is 29.2 Å². The molecule has 2 aliphatic heterocycles. The Hall–Kier alpha value is -1.79. The molecule has 3 rings (SSSR count). The van der Waals surface area contributed by atoms with Crippen molar-refractivity contribution in [3.05, 3.63) is 29.8 Å². The summed E-state index contributed by atoms with van der Waals surface area (Å²) < 4.78 is 16.9. The van der Waals surface area contributed by atoms with Gasteiger partial charge < -0.3 is 19.9 Å². The summed E-state index contributed by atoms with van der Waals surface area (Å²) in [5.41, 5.74) is 6.59. The maximum absolute atomic E-state index is 12.4. The number of carbonyl (C=O) groups excluding carboxylic acids is 1. The molecule has 6 nitrogen and oxygen atoms in total. The van der Waals surface area contributed by atoms with Gasteiger partial charge in [0.1, 0.15) is 5.75 Å². The molecule has 2 N–H and O–H groups in total. The lowest BCUT2D eigenvalue weighted by molar-refractivity contribution is 0.0234. The fourth-order valence-electron chi connectivity index (χ4n) is 4.49. The Balaban J connectivity index is 1.33. The number of hydrogen-bond donors (Lipinski definition) is 1. The van der Waals surface area contributed by atoms with Gasteiger partial charge in [-0.25, -0.2) is 4.79 Å². The van der Waals surface area contributed by atoms with Crippen LogP contribution in [0.15, 0.2) is 24.3 Å². The highest BCUT2D eigenvalue weighted by Crippen LogP contribution is 2.33. The molecule has 0 spiro atoms. The Morgan fingerprint density at radius 2 is 1.63 bits per heavy atom. The summed E-state index contributed by atoms with van der Waals surface area (Å²) >= 11 is 0. The number of hydrogen-bond acceptors (Lipinski definition) is 5. The molecular weight excluding hydrogens is 380 g/mol. The normalized spacial score (nSPS) is 22.9. The second-order valence-corrected chi connectivity index (χ2v) is 8.52. The number of nitrogens with zero attached hydrogens (tertiary/aromatic N) is 1. The number of ether oxygens (including phenoxy) is 3. The third kappa shape index (κ3) is 6.35. The molecule has 0 saturated carbocycles. The van der Waals surface area contributed by atoms with Gasteiger partial charge in [-0.15, -0.1) is 0 Å². The van der Waals surface area contributed by atoms with Crippen molar-refractivity contribution in [2.75, 3.05) is 20.3 Å². The summed E-state index contributed by atoms with van der Waals surface area (Å²) in [4.78, 5) is 14.2. The first kappa shape index (κ1) is 22.9. The predicted molar refractivity (Wildman–Crippen MR) is 118 cm³/mol. The summed E-state index contributed by atoms with van der Waals surface area (Å²) in [5.74, 6) is 0.816. The highest BCUT2D eigenvalue weighted by Gasteiger charge is 2.50. The molecular formula is C24H38N2O4. The van der Waals surface area contributed by atoms with E-state index in [4.69, 9.17) is 19.9 Å². The number of unbranched alkanes of at least 4 members (excludes halogenated alkanes) is 8. The van der Waals surface area contributed by atoms with Gasteiger partial charge in [0.15, 0.2) is 6.10 Å². The minimum absolute atomic E-state index is 0.0260. The van der Waals surface area contributed by atoms with Crippen LogP contribution in [0.3, 0.4) is 0 Å². The lowest BCUT2D eigenvalue weighted by Crippen LogP contribution is -2.36. The van der Waals surface area contributed by atoms with E-state index in [9.17, 15) is 4.79 Å². The first-order valence-electron chi connectivity index (χ1n) is 11.6. The molecule has 1 amide bonds. The number of methoxy groups -OCH3 is 1. The third-order valence-electron chi connectivity index (χ3n) is 6.30. The Labute approximate surface area is 181 Å². The van der Waals surface area contributed by atoms with Crippen molar-refractivity contribution < 1.29 is 19.0 Å². The maximum atomic E-state index is 12.4. The summed E-state index contributed by atoms with van der Waals surface area (Å²) in [6, 6.07) is 7.85. The second kappa shape index (κ2) is 12.2. The van der Waals surface area contributed by atoms with Gasteiger partial charge in [0, 0.05) is 6.54 Å². The van der Waals surface area contributed by atoms with Crippen molar-refractivity contribution >= 4 is 6.09 Å². The van der Waals surface area contributed by atoms with Crippen LogP contribution in [0.5, 0.6) is 5.75 Å². The molecule has 0 unspecified atom stereocenters. The van der Waals surface area contributed by atoms with Gasteiger partial charge in [-0.1, -0.05) is 63.5 Å². The fourth-order valence-corrected chi connectivity index (χ4v) is 4.49. The summed E-state index contributed by atoms with van der Waals surface area (Å²) in [6.07, 6.45) is 12.0. The molecule has 2 fully saturated rings. The largest absolute Gasteiger partial charge is 0.497 e. The van der Waals surface area contributed by atoms with Crippen molar-refractivity contribution in [3.8, 4) is 5.75 Å². The van der Waals surface area contributed by atoms with E-state index in [1.54, 1.807) is 7.11 Å². The maximum Gasteiger partial charge on any atom is 0.410 e. The number of nitrogens with two attached hydrogens (primary N) is 1. The Morgan fingerprint density at radius 1 is 1.00 bits per heavy atom. The second-order valence-electron chi connectivity index (χ2n) is 8.52. The molecule has 1 aromatic rings. The van der Waals surface area contributed by atoms with Crippen LogP contribution in [-0.2, 0) is 16.0 Å². The molecule has 0 aromatic heterocycles. The van der Waals surface area contributed by atoms with Gasteiger partial charge in [0.25, 0.3) is 0 Å². The van der Waals surface area contributed by atoms with Gasteiger partial charge in [-0.2, -0.15) is 0 Å². The zero-order valence-corrected chi connectivity index (χ0v) is 18.4. The summed E-state index contributed by atoms with van der Waals surface area (Å²) in [5, 5.41) is 0. The highest BCUT2D eigenvalue weighted by molar-refractivity contribution is 5.71. The Bertz CT molecular complexity index is 637. The number of amides is 1. The van der Waals surface area contributed by atoms with E-state index in [1.165, 1.54) is 44.9 Å². The zero-order chi connectivity index (χ0) is 21.2. The molecule has 2 heterocycles. The van der Waals surface area contributed by atoms with Gasteiger partial charge in [-0.05, 0) is 37.1 Å². The van der Waals surface area contributed by atoms with Crippen molar-refractivity contribution in [3.63, 3.8) is 0 Å². The van der Waals surface area contributed by atoms with E-state index in [-0.39, 0.29) is 24.3 Å². The molecule has 30 heavy (non-hydrogen) atoms. The Kier molecular flexibility index (Phi) is 9.27. The first-order chi connectivity index (χ1) is 14.7. The van der Waals surface area contributed by atoms with Crippen LogP contribution in [0.25, 0.3) is 0 Å². The van der Waals surface area contributed by atoms with Crippen LogP contribution in [0.1, 0.15) is 69.8 Å². The van der Waals surface area contributed by atoms with Crippen LogP contribution in [0.2, 0.25) is 0 Å². The van der Waals surface area contributed by atoms with E-state index < -0.39 is 0 Å². The molecule has 2 aliphatic rings. The minimum Gasteiger partial charge on any atom is -0.497 e. The Morgan fingerprint density at radius 3 is 2.27 bits per heavy atom.